The van der Waals surface area contributed by atoms with E-state index in [1.807, 2.05) is 19.1 Å². The van der Waals surface area contributed by atoms with Gasteiger partial charge in [-0.15, -0.1) is 0 Å². The van der Waals surface area contributed by atoms with Gasteiger partial charge in [0.1, 0.15) is 11.6 Å². The van der Waals surface area contributed by atoms with Crippen molar-refractivity contribution in [2.24, 2.45) is 0 Å². The first kappa shape index (κ1) is 10.7. The molecule has 1 aromatic rings. The van der Waals surface area contributed by atoms with Gasteiger partial charge in [0, 0.05) is 18.8 Å². The Kier molecular flexibility index (Phi) is 2.95. The van der Waals surface area contributed by atoms with Crippen molar-refractivity contribution in [1.29, 1.82) is 5.26 Å². The van der Waals surface area contributed by atoms with E-state index in [-0.39, 0.29) is 11.1 Å². The zero-order valence-electron chi connectivity index (χ0n) is 9.42. The van der Waals surface area contributed by atoms with Crippen molar-refractivity contribution in [3.8, 4) is 6.07 Å². The number of aromatic nitrogens is 1. The van der Waals surface area contributed by atoms with Gasteiger partial charge in [0.25, 0.3) is 5.56 Å². The molecule has 0 atom stereocenters. The Balaban J connectivity index is 2.46. The minimum Gasteiger partial charge on any atom is -0.370 e. The quantitative estimate of drug-likeness (QED) is 0.776. The second-order valence-electron chi connectivity index (χ2n) is 4.20. The zero-order chi connectivity index (χ0) is 11.5. The molecule has 2 heterocycles. The summed E-state index contributed by atoms with van der Waals surface area (Å²) in [4.78, 5) is 16.4. The van der Waals surface area contributed by atoms with E-state index in [9.17, 15) is 4.79 Å². The first-order valence-corrected chi connectivity index (χ1v) is 5.61. The lowest BCUT2D eigenvalue weighted by Crippen LogP contribution is -2.32. The SMILES string of the molecule is Cc1cc(N2CCCCC2)c(C#N)c(=O)[nH]1. The normalized spacial score (nSPS) is 15.9. The molecular weight excluding hydrogens is 202 g/mol. The summed E-state index contributed by atoms with van der Waals surface area (Å²) in [5.41, 5.74) is 1.57. The van der Waals surface area contributed by atoms with Crippen molar-refractivity contribution in [3.63, 3.8) is 0 Å². The molecular formula is C12H15N3O. The van der Waals surface area contributed by atoms with Crippen LogP contribution < -0.4 is 10.5 Å². The lowest BCUT2D eigenvalue weighted by Gasteiger charge is -2.29. The summed E-state index contributed by atoms with van der Waals surface area (Å²) in [6.45, 7) is 3.73. The summed E-state index contributed by atoms with van der Waals surface area (Å²) >= 11 is 0. The molecule has 1 aliphatic rings. The van der Waals surface area contributed by atoms with E-state index in [4.69, 9.17) is 5.26 Å². The third kappa shape index (κ3) is 1.94. The molecule has 0 unspecified atom stereocenters. The van der Waals surface area contributed by atoms with E-state index in [2.05, 4.69) is 9.88 Å². The highest BCUT2D eigenvalue weighted by Crippen LogP contribution is 2.21. The molecule has 0 aliphatic carbocycles. The molecule has 2 rings (SSSR count). The topological polar surface area (TPSA) is 59.9 Å². The highest BCUT2D eigenvalue weighted by molar-refractivity contribution is 5.59. The largest absolute Gasteiger partial charge is 0.370 e. The fourth-order valence-electron chi connectivity index (χ4n) is 2.16. The standard InChI is InChI=1S/C12H15N3O/c1-9-7-11(10(8-13)12(16)14-9)15-5-3-2-4-6-15/h7H,2-6H2,1H3,(H,14,16). The minimum absolute atomic E-state index is 0.243. The zero-order valence-corrected chi connectivity index (χ0v) is 9.42. The fraction of sp³-hybridized carbons (Fsp3) is 0.500. The predicted molar refractivity (Wildman–Crippen MR) is 62.6 cm³/mol. The second kappa shape index (κ2) is 4.40. The Labute approximate surface area is 94.5 Å². The number of nitrogens with zero attached hydrogens (tertiary/aromatic N) is 2. The van der Waals surface area contributed by atoms with Gasteiger partial charge in [-0.2, -0.15) is 5.26 Å². The number of nitrogens with one attached hydrogen (secondary N) is 1. The van der Waals surface area contributed by atoms with Gasteiger partial charge in [-0.3, -0.25) is 4.79 Å². The van der Waals surface area contributed by atoms with Crippen molar-refractivity contribution < 1.29 is 0 Å². The molecule has 84 valence electrons. The molecule has 0 amide bonds. The minimum atomic E-state index is -0.275. The van der Waals surface area contributed by atoms with Crippen LogP contribution in [0.5, 0.6) is 0 Å². The number of hydrogen-bond donors (Lipinski definition) is 1. The molecule has 0 radical (unpaired) electrons. The molecule has 0 bridgehead atoms. The van der Waals surface area contributed by atoms with Crippen molar-refractivity contribution >= 4 is 5.69 Å². The van der Waals surface area contributed by atoms with Crippen LogP contribution >= 0.6 is 0 Å². The third-order valence-corrected chi connectivity index (χ3v) is 2.96. The number of rotatable bonds is 1. The van der Waals surface area contributed by atoms with Crippen LogP contribution in [0.15, 0.2) is 10.9 Å². The Bertz CT molecular complexity index is 478. The van der Waals surface area contributed by atoms with Gasteiger partial charge in [-0.25, -0.2) is 0 Å². The average molecular weight is 217 g/mol. The molecule has 0 spiro atoms. The Morgan fingerprint density at radius 1 is 1.38 bits per heavy atom. The maximum atomic E-state index is 11.6. The van der Waals surface area contributed by atoms with E-state index >= 15 is 0 Å². The summed E-state index contributed by atoms with van der Waals surface area (Å²) in [7, 11) is 0. The van der Waals surface area contributed by atoms with E-state index < -0.39 is 0 Å². The van der Waals surface area contributed by atoms with E-state index in [1.54, 1.807) is 0 Å². The van der Waals surface area contributed by atoms with Crippen LogP contribution in [0.25, 0.3) is 0 Å². The molecule has 0 aromatic carbocycles. The molecule has 1 saturated heterocycles. The van der Waals surface area contributed by atoms with Crippen LogP contribution in [0, 0.1) is 18.3 Å². The van der Waals surface area contributed by atoms with Crippen molar-refractivity contribution in [2.45, 2.75) is 26.2 Å². The van der Waals surface area contributed by atoms with Gasteiger partial charge in [0.2, 0.25) is 0 Å². The van der Waals surface area contributed by atoms with Gasteiger partial charge < -0.3 is 9.88 Å². The number of hydrogen-bond acceptors (Lipinski definition) is 3. The lowest BCUT2D eigenvalue weighted by atomic mass is 10.1. The summed E-state index contributed by atoms with van der Waals surface area (Å²) < 4.78 is 0. The van der Waals surface area contributed by atoms with Gasteiger partial charge >= 0.3 is 0 Å². The molecule has 1 N–H and O–H groups in total. The summed E-state index contributed by atoms with van der Waals surface area (Å²) in [5.74, 6) is 0. The fourth-order valence-corrected chi connectivity index (χ4v) is 2.16. The second-order valence-corrected chi connectivity index (χ2v) is 4.20. The highest BCUT2D eigenvalue weighted by Gasteiger charge is 2.16. The molecule has 0 saturated carbocycles. The maximum absolute atomic E-state index is 11.6. The predicted octanol–water partition coefficient (Wildman–Crippen LogP) is 1.55. The average Bonchev–Trinajstić information content (AvgIpc) is 2.29. The number of aryl methyl sites for hydroxylation is 1. The van der Waals surface area contributed by atoms with Crippen LogP contribution in [-0.4, -0.2) is 18.1 Å². The van der Waals surface area contributed by atoms with E-state index in [0.717, 1.165) is 37.3 Å². The number of piperidine rings is 1. The molecule has 4 nitrogen and oxygen atoms in total. The van der Waals surface area contributed by atoms with Crippen LogP contribution in [0.1, 0.15) is 30.5 Å². The monoisotopic (exact) mass is 217 g/mol. The molecule has 4 heteroatoms. The Morgan fingerprint density at radius 3 is 2.69 bits per heavy atom. The van der Waals surface area contributed by atoms with Crippen molar-refractivity contribution in [1.82, 2.24) is 4.98 Å². The van der Waals surface area contributed by atoms with Crippen molar-refractivity contribution in [2.75, 3.05) is 18.0 Å². The Morgan fingerprint density at radius 2 is 2.06 bits per heavy atom. The summed E-state index contributed by atoms with van der Waals surface area (Å²) in [5, 5.41) is 9.02. The number of anilines is 1. The first-order chi connectivity index (χ1) is 7.72. The Hall–Kier alpha value is -1.76. The van der Waals surface area contributed by atoms with E-state index in [0.29, 0.717) is 0 Å². The smallest absolute Gasteiger partial charge is 0.268 e. The van der Waals surface area contributed by atoms with Crippen LogP contribution in [0.3, 0.4) is 0 Å². The van der Waals surface area contributed by atoms with Gasteiger partial charge in [0.05, 0.1) is 5.69 Å². The van der Waals surface area contributed by atoms with Gasteiger partial charge in [-0.05, 0) is 32.3 Å². The van der Waals surface area contributed by atoms with Gasteiger partial charge in [-0.1, -0.05) is 0 Å². The molecule has 16 heavy (non-hydrogen) atoms. The highest BCUT2D eigenvalue weighted by atomic mass is 16.1. The first-order valence-electron chi connectivity index (χ1n) is 5.61. The summed E-state index contributed by atoms with van der Waals surface area (Å²) in [6, 6.07) is 3.90. The number of nitriles is 1. The van der Waals surface area contributed by atoms with E-state index in [1.165, 1.54) is 6.42 Å². The molecule has 1 aliphatic heterocycles. The van der Waals surface area contributed by atoms with Crippen LogP contribution in [-0.2, 0) is 0 Å². The summed E-state index contributed by atoms with van der Waals surface area (Å²) in [6.07, 6.45) is 3.51. The van der Waals surface area contributed by atoms with Crippen molar-refractivity contribution in [3.05, 3.63) is 27.7 Å². The lowest BCUT2D eigenvalue weighted by molar-refractivity contribution is 0.577. The third-order valence-electron chi connectivity index (χ3n) is 2.96. The van der Waals surface area contributed by atoms with Crippen LogP contribution in [0.4, 0.5) is 5.69 Å². The van der Waals surface area contributed by atoms with Crippen LogP contribution in [0.2, 0.25) is 0 Å². The number of aromatic amines is 1. The molecule has 1 aromatic heterocycles. The maximum Gasteiger partial charge on any atom is 0.268 e. The molecule has 1 fully saturated rings. The number of pyridine rings is 1. The van der Waals surface area contributed by atoms with Gasteiger partial charge in [0.15, 0.2) is 0 Å². The number of H-pyrrole nitrogens is 1.